The molecular weight excluding hydrogens is 618 g/mol. The Labute approximate surface area is 277 Å². The molecule has 0 spiro atoms. The van der Waals surface area contributed by atoms with E-state index in [1.807, 2.05) is 68.4 Å². The molecule has 46 heavy (non-hydrogen) atoms. The smallest absolute Gasteiger partial charge is 0.264 e. The first-order chi connectivity index (χ1) is 22.1. The van der Waals surface area contributed by atoms with Crippen LogP contribution in [0.5, 0.6) is 0 Å². The lowest BCUT2D eigenvalue weighted by atomic mass is 10.0. The number of benzene rings is 4. The topological polar surface area (TPSA) is 86.8 Å². The zero-order chi connectivity index (χ0) is 32.7. The van der Waals surface area contributed by atoms with E-state index in [4.69, 9.17) is 11.6 Å². The van der Waals surface area contributed by atoms with E-state index < -0.39 is 28.5 Å². The number of hydrogen-bond acceptors (Lipinski definition) is 4. The molecule has 5 rings (SSSR count). The van der Waals surface area contributed by atoms with Gasteiger partial charge in [0.2, 0.25) is 11.8 Å². The number of nitrogens with one attached hydrogen (secondary N) is 1. The number of anilines is 1. The highest BCUT2D eigenvalue weighted by Crippen LogP contribution is 2.27. The average molecular weight is 658 g/mol. The lowest BCUT2D eigenvalue weighted by Gasteiger charge is -2.34. The van der Waals surface area contributed by atoms with E-state index >= 15 is 0 Å². The second kappa shape index (κ2) is 15.0. The Kier molecular flexibility index (Phi) is 10.8. The van der Waals surface area contributed by atoms with Gasteiger partial charge in [-0.3, -0.25) is 13.9 Å². The van der Waals surface area contributed by atoms with E-state index in [0.717, 1.165) is 46.7 Å². The second-order valence-corrected chi connectivity index (χ2v) is 14.2. The summed E-state index contributed by atoms with van der Waals surface area (Å²) >= 11 is 6.59. The molecule has 0 heterocycles. The van der Waals surface area contributed by atoms with E-state index in [1.54, 1.807) is 48.5 Å². The molecule has 4 aromatic carbocycles. The highest BCUT2D eigenvalue weighted by molar-refractivity contribution is 7.92. The van der Waals surface area contributed by atoms with Gasteiger partial charge in [-0.1, -0.05) is 108 Å². The van der Waals surface area contributed by atoms with Crippen LogP contribution in [0.1, 0.15) is 47.9 Å². The molecule has 0 unspecified atom stereocenters. The van der Waals surface area contributed by atoms with Crippen molar-refractivity contribution >= 4 is 39.1 Å². The molecule has 1 aliphatic carbocycles. The predicted molar refractivity (Wildman–Crippen MR) is 183 cm³/mol. The minimum absolute atomic E-state index is 0.0282. The Hall–Kier alpha value is -4.14. The maximum absolute atomic E-state index is 14.6. The fraction of sp³-hybridized carbons (Fsp3) is 0.297. The van der Waals surface area contributed by atoms with Crippen molar-refractivity contribution in [3.05, 3.63) is 130 Å². The highest BCUT2D eigenvalue weighted by atomic mass is 35.5. The number of carbonyl (C=O) groups is 2. The molecule has 7 nitrogen and oxygen atoms in total. The van der Waals surface area contributed by atoms with Crippen LogP contribution in [0.25, 0.3) is 0 Å². The monoisotopic (exact) mass is 657 g/mol. The fourth-order valence-corrected chi connectivity index (χ4v) is 7.42. The largest absolute Gasteiger partial charge is 0.352 e. The van der Waals surface area contributed by atoms with Gasteiger partial charge in [-0.15, -0.1) is 0 Å². The highest BCUT2D eigenvalue weighted by Gasteiger charge is 2.35. The fourth-order valence-electron chi connectivity index (χ4n) is 5.81. The maximum Gasteiger partial charge on any atom is 0.264 e. The van der Waals surface area contributed by atoms with Gasteiger partial charge in [0.1, 0.15) is 12.6 Å². The summed E-state index contributed by atoms with van der Waals surface area (Å²) in [4.78, 5) is 30.3. The quantitative estimate of drug-likeness (QED) is 0.181. The summed E-state index contributed by atoms with van der Waals surface area (Å²) < 4.78 is 29.5. The van der Waals surface area contributed by atoms with Crippen LogP contribution in [0.15, 0.2) is 108 Å². The van der Waals surface area contributed by atoms with Crippen molar-refractivity contribution in [2.75, 3.05) is 10.8 Å². The van der Waals surface area contributed by atoms with Gasteiger partial charge in [0.25, 0.3) is 10.0 Å². The lowest BCUT2D eigenvalue weighted by Crippen LogP contribution is -2.54. The van der Waals surface area contributed by atoms with Crippen LogP contribution in [0.2, 0.25) is 5.02 Å². The summed E-state index contributed by atoms with van der Waals surface area (Å²) in [5.41, 5.74) is 3.77. The number of sulfonamides is 1. The van der Waals surface area contributed by atoms with Crippen LogP contribution >= 0.6 is 11.6 Å². The minimum atomic E-state index is -4.16. The van der Waals surface area contributed by atoms with Crippen LogP contribution < -0.4 is 9.62 Å². The van der Waals surface area contributed by atoms with Crippen molar-refractivity contribution < 1.29 is 18.0 Å². The van der Waals surface area contributed by atoms with E-state index in [-0.39, 0.29) is 29.8 Å². The molecule has 0 bridgehead atoms. The summed E-state index contributed by atoms with van der Waals surface area (Å²) in [6.07, 6.45) is 4.11. The first-order valence-electron chi connectivity index (χ1n) is 15.6. The Bertz CT molecular complexity index is 1740. The van der Waals surface area contributed by atoms with E-state index in [9.17, 15) is 18.0 Å². The molecule has 1 aliphatic rings. The van der Waals surface area contributed by atoms with Crippen LogP contribution in [-0.4, -0.2) is 43.8 Å². The van der Waals surface area contributed by atoms with Crippen molar-refractivity contribution in [3.8, 4) is 0 Å². The molecule has 0 aliphatic heterocycles. The Morgan fingerprint density at radius 1 is 0.826 bits per heavy atom. The predicted octanol–water partition coefficient (Wildman–Crippen LogP) is 6.85. The van der Waals surface area contributed by atoms with Crippen molar-refractivity contribution in [1.29, 1.82) is 0 Å². The van der Waals surface area contributed by atoms with Gasteiger partial charge in [0.05, 0.1) is 10.6 Å². The number of halogens is 1. The van der Waals surface area contributed by atoms with Crippen LogP contribution in [0, 0.1) is 13.8 Å². The van der Waals surface area contributed by atoms with Crippen LogP contribution in [0.3, 0.4) is 0 Å². The Morgan fingerprint density at radius 2 is 1.41 bits per heavy atom. The summed E-state index contributed by atoms with van der Waals surface area (Å²) in [6.45, 7) is 3.32. The SMILES string of the molecule is Cc1ccc(N(CC(=O)N(Cc2ccccc2Cl)[C@H](Cc2ccccc2)C(=O)NC2CCCC2)S(=O)(=O)c2ccc(C)cc2)cc1. The summed E-state index contributed by atoms with van der Waals surface area (Å²) in [5.74, 6) is -0.780. The summed E-state index contributed by atoms with van der Waals surface area (Å²) in [5, 5.41) is 3.65. The molecule has 0 saturated heterocycles. The average Bonchev–Trinajstić information content (AvgIpc) is 3.56. The van der Waals surface area contributed by atoms with Crippen LogP contribution in [-0.2, 0) is 32.6 Å². The number of hydrogen-bond donors (Lipinski definition) is 1. The maximum atomic E-state index is 14.6. The van der Waals surface area contributed by atoms with Crippen molar-refractivity contribution in [1.82, 2.24) is 10.2 Å². The van der Waals surface area contributed by atoms with Gasteiger partial charge in [-0.25, -0.2) is 8.42 Å². The molecule has 0 aromatic heterocycles. The molecule has 240 valence electrons. The molecule has 9 heteroatoms. The number of aryl methyl sites for hydroxylation is 2. The van der Waals surface area contributed by atoms with Gasteiger partial charge in [-0.05, 0) is 68.1 Å². The number of amides is 2. The van der Waals surface area contributed by atoms with Gasteiger partial charge in [0.15, 0.2) is 0 Å². The van der Waals surface area contributed by atoms with Crippen molar-refractivity contribution in [2.24, 2.45) is 0 Å². The first kappa shape index (κ1) is 33.2. The molecule has 1 fully saturated rings. The molecule has 1 saturated carbocycles. The Morgan fingerprint density at radius 3 is 2.04 bits per heavy atom. The summed E-state index contributed by atoms with van der Waals surface area (Å²) in [7, 11) is -4.16. The van der Waals surface area contributed by atoms with E-state index in [1.165, 1.54) is 4.90 Å². The van der Waals surface area contributed by atoms with Crippen molar-refractivity contribution in [2.45, 2.75) is 69.5 Å². The van der Waals surface area contributed by atoms with Gasteiger partial charge in [-0.2, -0.15) is 0 Å². The van der Waals surface area contributed by atoms with Crippen molar-refractivity contribution in [3.63, 3.8) is 0 Å². The lowest BCUT2D eigenvalue weighted by molar-refractivity contribution is -0.140. The molecule has 0 radical (unpaired) electrons. The van der Waals surface area contributed by atoms with Gasteiger partial charge < -0.3 is 10.2 Å². The van der Waals surface area contributed by atoms with Gasteiger partial charge >= 0.3 is 0 Å². The molecule has 1 N–H and O–H groups in total. The second-order valence-electron chi connectivity index (χ2n) is 12.0. The van der Waals surface area contributed by atoms with E-state index in [2.05, 4.69) is 5.32 Å². The zero-order valence-electron chi connectivity index (χ0n) is 26.2. The third-order valence-electron chi connectivity index (χ3n) is 8.48. The number of nitrogens with zero attached hydrogens (tertiary/aromatic N) is 2. The normalized spacial score (nSPS) is 14.1. The molecular formula is C37H40ClN3O4S. The Balaban J connectivity index is 1.57. The zero-order valence-corrected chi connectivity index (χ0v) is 27.8. The van der Waals surface area contributed by atoms with Crippen LogP contribution in [0.4, 0.5) is 5.69 Å². The molecule has 2 amide bonds. The first-order valence-corrected chi connectivity index (χ1v) is 17.5. The summed E-state index contributed by atoms with van der Waals surface area (Å²) in [6, 6.07) is 29.4. The van der Waals surface area contributed by atoms with E-state index in [0.29, 0.717) is 16.3 Å². The number of rotatable bonds is 12. The molecule has 4 aromatic rings. The minimum Gasteiger partial charge on any atom is -0.352 e. The third kappa shape index (κ3) is 8.17. The number of carbonyl (C=O) groups excluding carboxylic acids is 2. The third-order valence-corrected chi connectivity index (χ3v) is 10.6. The standard InChI is InChI=1S/C37H40ClN3O4S/c1-27-16-20-32(21-17-27)41(46(44,45)33-22-18-28(2)19-23-33)26-36(42)40(25-30-12-6-9-15-34(30)38)35(24-29-10-4-3-5-11-29)37(43)39-31-13-7-8-14-31/h3-6,9-12,15-23,31,35H,7-8,13-14,24-26H2,1-2H3,(H,39,43)/t35-/m1/s1. The van der Waals surface area contributed by atoms with Gasteiger partial charge in [0, 0.05) is 24.0 Å². The molecule has 1 atom stereocenters.